The normalized spacial score (nSPS) is 19.9. The molecule has 158 valence electrons. The zero-order valence-electron chi connectivity index (χ0n) is 17.4. The van der Waals surface area contributed by atoms with Crippen LogP contribution in [0.3, 0.4) is 0 Å². The fourth-order valence-electron chi connectivity index (χ4n) is 3.83. The van der Waals surface area contributed by atoms with Crippen LogP contribution in [0.5, 0.6) is 0 Å². The fourth-order valence-corrected chi connectivity index (χ4v) is 3.83. The number of hydrogen-bond acceptors (Lipinski definition) is 4. The van der Waals surface area contributed by atoms with E-state index in [1.807, 2.05) is 6.92 Å². The molecule has 0 radical (unpaired) electrons. The molecule has 8 nitrogen and oxygen atoms in total. The third-order valence-electron chi connectivity index (χ3n) is 5.57. The Hall–Kier alpha value is -2.61. The van der Waals surface area contributed by atoms with E-state index in [4.69, 9.17) is 0 Å². The second-order valence-corrected chi connectivity index (χ2v) is 7.51. The molecule has 1 unspecified atom stereocenters. The highest BCUT2D eigenvalue weighted by Gasteiger charge is 2.28. The molecule has 1 aromatic carbocycles. The summed E-state index contributed by atoms with van der Waals surface area (Å²) < 4.78 is 0. The van der Waals surface area contributed by atoms with Gasteiger partial charge in [-0.3, -0.25) is 19.6 Å². The molecule has 3 rings (SSSR count). The van der Waals surface area contributed by atoms with E-state index in [1.165, 1.54) is 10.5 Å². The Morgan fingerprint density at radius 3 is 2.59 bits per heavy atom. The number of urea groups is 1. The standard InChI is InChI=1S/C21H32N6O2/c1-3-22-20(23-11-14-27-19(28)15-24-21(27)29)25-18-9-12-26(13-10-18)16(2)17-7-5-4-6-8-17/h4-8,16,18H,3,9-15H2,1-2H3,(H,24,29)(H2,22,23,25). The van der Waals surface area contributed by atoms with Crippen molar-refractivity contribution in [2.75, 3.05) is 39.3 Å². The minimum absolute atomic E-state index is 0.0842. The van der Waals surface area contributed by atoms with Crippen LogP contribution in [0.25, 0.3) is 0 Å². The predicted molar refractivity (Wildman–Crippen MR) is 114 cm³/mol. The van der Waals surface area contributed by atoms with Gasteiger partial charge in [-0.05, 0) is 32.3 Å². The zero-order valence-corrected chi connectivity index (χ0v) is 17.4. The van der Waals surface area contributed by atoms with Gasteiger partial charge in [-0.15, -0.1) is 0 Å². The number of rotatable bonds is 7. The van der Waals surface area contributed by atoms with Crippen molar-refractivity contribution in [3.05, 3.63) is 35.9 Å². The van der Waals surface area contributed by atoms with Gasteiger partial charge in [0.25, 0.3) is 0 Å². The molecule has 1 atom stereocenters. The lowest BCUT2D eigenvalue weighted by Crippen LogP contribution is -2.49. The summed E-state index contributed by atoms with van der Waals surface area (Å²) in [6.07, 6.45) is 2.10. The summed E-state index contributed by atoms with van der Waals surface area (Å²) in [5, 5.41) is 9.30. The number of likely N-dealkylation sites (tertiary alicyclic amines) is 1. The van der Waals surface area contributed by atoms with E-state index in [0.29, 0.717) is 25.2 Å². The van der Waals surface area contributed by atoms with Gasteiger partial charge >= 0.3 is 6.03 Å². The minimum Gasteiger partial charge on any atom is -0.357 e. The molecule has 2 aliphatic heterocycles. The minimum atomic E-state index is -0.330. The van der Waals surface area contributed by atoms with Crippen LogP contribution in [0.2, 0.25) is 0 Å². The predicted octanol–water partition coefficient (Wildman–Crippen LogP) is 1.32. The number of hydrogen-bond donors (Lipinski definition) is 3. The van der Waals surface area contributed by atoms with E-state index >= 15 is 0 Å². The summed E-state index contributed by atoms with van der Waals surface area (Å²) in [5.74, 6) is 0.553. The number of guanidine groups is 1. The molecule has 3 amide bonds. The van der Waals surface area contributed by atoms with Gasteiger partial charge in [0.15, 0.2) is 5.96 Å². The molecule has 0 saturated carbocycles. The van der Waals surface area contributed by atoms with Gasteiger partial charge < -0.3 is 16.0 Å². The average Bonchev–Trinajstić information content (AvgIpc) is 3.06. The Morgan fingerprint density at radius 2 is 1.97 bits per heavy atom. The van der Waals surface area contributed by atoms with E-state index in [1.54, 1.807) is 0 Å². The van der Waals surface area contributed by atoms with Crippen LogP contribution in [0.1, 0.15) is 38.3 Å². The van der Waals surface area contributed by atoms with Crippen molar-refractivity contribution in [2.45, 2.75) is 38.8 Å². The van der Waals surface area contributed by atoms with E-state index in [2.05, 4.69) is 63.1 Å². The molecule has 0 aromatic heterocycles. The summed E-state index contributed by atoms with van der Waals surface area (Å²) in [6, 6.07) is 11.1. The molecule has 8 heteroatoms. The molecular formula is C21H32N6O2. The molecule has 1 aromatic rings. The molecule has 2 heterocycles. The molecule has 2 aliphatic rings. The van der Waals surface area contributed by atoms with Gasteiger partial charge in [0.05, 0.1) is 19.6 Å². The third-order valence-corrected chi connectivity index (χ3v) is 5.57. The van der Waals surface area contributed by atoms with Crippen LogP contribution in [-0.2, 0) is 4.79 Å². The maximum atomic E-state index is 11.6. The van der Waals surface area contributed by atoms with E-state index in [0.717, 1.165) is 38.4 Å². The van der Waals surface area contributed by atoms with Crippen LogP contribution in [0, 0.1) is 0 Å². The van der Waals surface area contributed by atoms with Crippen LogP contribution in [-0.4, -0.2) is 73.0 Å². The molecule has 29 heavy (non-hydrogen) atoms. The molecule has 0 spiro atoms. The Morgan fingerprint density at radius 1 is 1.24 bits per heavy atom. The van der Waals surface area contributed by atoms with Gasteiger partial charge in [-0.1, -0.05) is 30.3 Å². The van der Waals surface area contributed by atoms with Crippen molar-refractivity contribution in [3.8, 4) is 0 Å². The number of carbonyl (C=O) groups is 2. The van der Waals surface area contributed by atoms with Gasteiger partial charge in [0, 0.05) is 31.7 Å². The van der Waals surface area contributed by atoms with Crippen molar-refractivity contribution in [2.24, 2.45) is 4.99 Å². The number of carbonyl (C=O) groups excluding carboxylic acids is 2. The lowest BCUT2D eigenvalue weighted by Gasteiger charge is -2.37. The molecule has 0 aliphatic carbocycles. The maximum absolute atomic E-state index is 11.6. The topological polar surface area (TPSA) is 89.1 Å². The van der Waals surface area contributed by atoms with E-state index < -0.39 is 0 Å². The zero-order chi connectivity index (χ0) is 20.6. The summed E-state index contributed by atoms with van der Waals surface area (Å²) in [4.78, 5) is 31.5. The Bertz CT molecular complexity index is 699. The Labute approximate surface area is 172 Å². The lowest BCUT2D eigenvalue weighted by molar-refractivity contribution is -0.124. The maximum Gasteiger partial charge on any atom is 0.324 e. The molecule has 2 fully saturated rings. The highest BCUT2D eigenvalue weighted by atomic mass is 16.2. The smallest absolute Gasteiger partial charge is 0.324 e. The number of amides is 3. The second kappa shape index (κ2) is 10.2. The van der Waals surface area contributed by atoms with E-state index in [-0.39, 0.29) is 18.5 Å². The number of nitrogens with one attached hydrogen (secondary N) is 3. The first-order chi connectivity index (χ1) is 14.1. The summed E-state index contributed by atoms with van der Waals surface area (Å²) in [7, 11) is 0. The van der Waals surface area contributed by atoms with Crippen LogP contribution in [0.4, 0.5) is 4.79 Å². The van der Waals surface area contributed by atoms with Crippen molar-refractivity contribution in [1.82, 2.24) is 25.8 Å². The van der Waals surface area contributed by atoms with Crippen molar-refractivity contribution in [3.63, 3.8) is 0 Å². The van der Waals surface area contributed by atoms with Gasteiger partial charge in [0.2, 0.25) is 5.91 Å². The quantitative estimate of drug-likeness (QED) is 0.365. The first kappa shape index (κ1) is 21.1. The molecule has 2 saturated heterocycles. The first-order valence-electron chi connectivity index (χ1n) is 10.5. The summed E-state index contributed by atoms with van der Waals surface area (Å²) >= 11 is 0. The number of benzene rings is 1. The fraction of sp³-hybridized carbons (Fsp3) is 0.571. The third kappa shape index (κ3) is 5.69. The highest BCUT2D eigenvalue weighted by molar-refractivity contribution is 6.01. The van der Waals surface area contributed by atoms with Crippen molar-refractivity contribution in [1.29, 1.82) is 0 Å². The second-order valence-electron chi connectivity index (χ2n) is 7.51. The molecular weight excluding hydrogens is 368 g/mol. The number of aliphatic imine (C=N–C) groups is 1. The lowest BCUT2D eigenvalue weighted by atomic mass is 10.0. The highest BCUT2D eigenvalue weighted by Crippen LogP contribution is 2.23. The largest absolute Gasteiger partial charge is 0.357 e. The van der Waals surface area contributed by atoms with Crippen LogP contribution >= 0.6 is 0 Å². The Balaban J connectivity index is 1.47. The van der Waals surface area contributed by atoms with Gasteiger partial charge in [-0.2, -0.15) is 0 Å². The summed E-state index contributed by atoms with van der Waals surface area (Å²) in [5.41, 5.74) is 1.36. The van der Waals surface area contributed by atoms with E-state index in [9.17, 15) is 9.59 Å². The van der Waals surface area contributed by atoms with Crippen LogP contribution in [0.15, 0.2) is 35.3 Å². The molecule has 3 N–H and O–H groups in total. The first-order valence-corrected chi connectivity index (χ1v) is 10.5. The number of nitrogens with zero attached hydrogens (tertiary/aromatic N) is 3. The SMILES string of the molecule is CCNC(=NCCN1C(=O)CNC1=O)NC1CCN(C(C)c2ccccc2)CC1. The number of imide groups is 1. The van der Waals surface area contributed by atoms with Crippen LogP contribution < -0.4 is 16.0 Å². The van der Waals surface area contributed by atoms with Gasteiger partial charge in [-0.25, -0.2) is 4.79 Å². The van der Waals surface area contributed by atoms with Gasteiger partial charge in [0.1, 0.15) is 0 Å². The number of piperidine rings is 1. The Kier molecular flexibility index (Phi) is 7.46. The van der Waals surface area contributed by atoms with Crippen molar-refractivity contribution < 1.29 is 9.59 Å². The van der Waals surface area contributed by atoms with Crippen molar-refractivity contribution >= 4 is 17.9 Å². The monoisotopic (exact) mass is 400 g/mol. The average molecular weight is 401 g/mol. The molecule has 0 bridgehead atoms. The summed E-state index contributed by atoms with van der Waals surface area (Å²) in [6.45, 7) is 7.90.